The number of carbonyl (C=O) groups is 1. The number of nitrogen functional groups attached to an aromatic ring is 1. The Hall–Kier alpha value is -2.05. The molecule has 0 atom stereocenters. The van der Waals surface area contributed by atoms with Crippen molar-refractivity contribution in [2.75, 3.05) is 0 Å². The minimum atomic E-state index is -0.443. The van der Waals surface area contributed by atoms with Gasteiger partial charge >= 0.3 is 0 Å². The van der Waals surface area contributed by atoms with Crippen LogP contribution in [0, 0.1) is 6.92 Å². The second-order valence-electron chi connectivity index (χ2n) is 3.90. The first-order chi connectivity index (χ1) is 9.10. The summed E-state index contributed by atoms with van der Waals surface area (Å²) < 4.78 is 7.03. The van der Waals surface area contributed by atoms with Crippen molar-refractivity contribution in [2.45, 2.75) is 13.7 Å². The Kier molecular flexibility index (Phi) is 4.03. The predicted octanol–water partition coefficient (Wildman–Crippen LogP) is 1.48. The summed E-state index contributed by atoms with van der Waals surface area (Å²) in [6.45, 7) is 2.09. The van der Waals surface area contributed by atoms with Gasteiger partial charge in [0.2, 0.25) is 0 Å². The Morgan fingerprint density at radius 2 is 2.32 bits per heavy atom. The van der Waals surface area contributed by atoms with Gasteiger partial charge in [-0.15, -0.1) is 0 Å². The van der Waals surface area contributed by atoms with E-state index in [0.717, 1.165) is 5.56 Å². The fourth-order valence-corrected chi connectivity index (χ4v) is 1.59. The lowest BCUT2D eigenvalue weighted by molar-refractivity contribution is 0.0946. The van der Waals surface area contributed by atoms with Crippen LogP contribution in [0.3, 0.4) is 0 Å². The van der Waals surface area contributed by atoms with E-state index in [1.807, 2.05) is 18.4 Å². The molecule has 1 aromatic heterocycles. The Labute approximate surface area is 115 Å². The number of nitrogens with two attached hydrogens (primary N) is 1. The number of aromatic nitrogens is 2. The van der Waals surface area contributed by atoms with Gasteiger partial charge in [-0.2, -0.15) is 5.10 Å². The van der Waals surface area contributed by atoms with Crippen LogP contribution < -0.4 is 16.0 Å². The van der Waals surface area contributed by atoms with Crippen LogP contribution in [0.15, 0.2) is 30.5 Å². The molecule has 0 fully saturated rings. The number of benzene rings is 1. The van der Waals surface area contributed by atoms with Gasteiger partial charge in [-0.25, -0.2) is 10.5 Å². The highest BCUT2D eigenvalue weighted by molar-refractivity contribution is 6.31. The molecule has 19 heavy (non-hydrogen) atoms. The number of ether oxygens (including phenoxy) is 1. The quantitative estimate of drug-likeness (QED) is 0.505. The number of carbonyl (C=O) groups excluding carboxylic acids is 1. The highest BCUT2D eigenvalue weighted by Gasteiger charge is 2.07. The third kappa shape index (κ3) is 3.24. The van der Waals surface area contributed by atoms with E-state index in [4.69, 9.17) is 22.2 Å². The average molecular weight is 281 g/mol. The number of amides is 1. The van der Waals surface area contributed by atoms with Crippen molar-refractivity contribution in [2.24, 2.45) is 5.84 Å². The van der Waals surface area contributed by atoms with Crippen LogP contribution >= 0.6 is 11.6 Å². The van der Waals surface area contributed by atoms with E-state index in [1.54, 1.807) is 24.4 Å². The molecular weight excluding hydrogens is 268 g/mol. The first-order valence-electron chi connectivity index (χ1n) is 5.53. The van der Waals surface area contributed by atoms with E-state index >= 15 is 0 Å². The summed E-state index contributed by atoms with van der Waals surface area (Å²) in [5, 5.41) is 4.70. The molecule has 0 saturated heterocycles. The lowest BCUT2D eigenvalue weighted by Gasteiger charge is -2.07. The molecule has 0 saturated carbocycles. The third-order valence-electron chi connectivity index (χ3n) is 2.50. The van der Waals surface area contributed by atoms with Crippen LogP contribution in [0.2, 0.25) is 5.02 Å². The van der Waals surface area contributed by atoms with Crippen molar-refractivity contribution in [1.29, 1.82) is 0 Å². The van der Waals surface area contributed by atoms with E-state index in [-0.39, 0.29) is 12.4 Å². The molecule has 100 valence electrons. The monoisotopic (exact) mass is 280 g/mol. The number of halogens is 1. The summed E-state index contributed by atoms with van der Waals surface area (Å²) in [7, 11) is 0. The molecule has 1 heterocycles. The van der Waals surface area contributed by atoms with Crippen LogP contribution in [0.5, 0.6) is 5.75 Å². The minimum absolute atomic E-state index is 0.193. The summed E-state index contributed by atoms with van der Waals surface area (Å²) in [6.07, 6.45) is 1.63. The molecule has 3 N–H and O–H groups in total. The maximum Gasteiger partial charge on any atom is 0.285 e. The van der Waals surface area contributed by atoms with Gasteiger partial charge in [0.25, 0.3) is 5.91 Å². The largest absolute Gasteiger partial charge is 0.471 e. The molecule has 6 nitrogen and oxygen atoms in total. The van der Waals surface area contributed by atoms with Gasteiger partial charge in [-0.05, 0) is 36.8 Å². The molecule has 0 spiro atoms. The van der Waals surface area contributed by atoms with Crippen molar-refractivity contribution in [3.63, 3.8) is 0 Å². The predicted molar refractivity (Wildman–Crippen MR) is 70.7 cm³/mol. The number of hydrogen-bond acceptors (Lipinski definition) is 4. The van der Waals surface area contributed by atoms with Crippen LogP contribution in [-0.4, -0.2) is 15.7 Å². The highest BCUT2D eigenvalue weighted by Crippen LogP contribution is 2.21. The summed E-state index contributed by atoms with van der Waals surface area (Å²) in [5.74, 6) is 5.26. The highest BCUT2D eigenvalue weighted by atomic mass is 35.5. The SMILES string of the molecule is Cc1cc(OCn2ccc(C(=O)NN)n2)ccc1Cl. The molecule has 1 amide bonds. The van der Waals surface area contributed by atoms with E-state index < -0.39 is 5.91 Å². The summed E-state index contributed by atoms with van der Waals surface area (Å²) in [4.78, 5) is 11.2. The topological polar surface area (TPSA) is 82.2 Å². The number of nitrogens with zero attached hydrogens (tertiary/aromatic N) is 2. The van der Waals surface area contributed by atoms with Crippen molar-refractivity contribution < 1.29 is 9.53 Å². The van der Waals surface area contributed by atoms with E-state index in [0.29, 0.717) is 10.8 Å². The molecule has 2 rings (SSSR count). The normalized spacial score (nSPS) is 10.3. The second-order valence-corrected chi connectivity index (χ2v) is 4.31. The summed E-state index contributed by atoms with van der Waals surface area (Å²) in [5.41, 5.74) is 3.18. The molecule has 0 aliphatic rings. The molecule has 0 unspecified atom stereocenters. The van der Waals surface area contributed by atoms with E-state index in [1.165, 1.54) is 4.68 Å². The maximum atomic E-state index is 11.2. The molecule has 0 radical (unpaired) electrons. The van der Waals surface area contributed by atoms with E-state index in [2.05, 4.69) is 5.10 Å². The molecular formula is C12H13ClN4O2. The first kappa shape index (κ1) is 13.4. The summed E-state index contributed by atoms with van der Waals surface area (Å²) >= 11 is 5.92. The molecule has 0 aliphatic carbocycles. The number of hydrogen-bond donors (Lipinski definition) is 2. The number of aryl methyl sites for hydroxylation is 1. The van der Waals surface area contributed by atoms with Gasteiger partial charge in [-0.1, -0.05) is 11.6 Å². The standard InChI is InChI=1S/C12H13ClN4O2/c1-8-6-9(2-3-10(8)13)19-7-17-5-4-11(16-17)12(18)15-14/h2-6H,7,14H2,1H3,(H,15,18). The summed E-state index contributed by atoms with van der Waals surface area (Å²) in [6, 6.07) is 6.92. The average Bonchev–Trinajstić information content (AvgIpc) is 2.88. The zero-order chi connectivity index (χ0) is 13.8. The van der Waals surface area contributed by atoms with Gasteiger partial charge < -0.3 is 4.74 Å². The molecule has 1 aromatic carbocycles. The zero-order valence-corrected chi connectivity index (χ0v) is 11.0. The number of nitrogens with one attached hydrogen (secondary N) is 1. The van der Waals surface area contributed by atoms with Crippen LogP contribution in [0.4, 0.5) is 0 Å². The van der Waals surface area contributed by atoms with Gasteiger partial charge in [0.05, 0.1) is 0 Å². The Bertz CT molecular complexity index is 597. The molecule has 0 aliphatic heterocycles. The molecule has 0 bridgehead atoms. The zero-order valence-electron chi connectivity index (χ0n) is 10.3. The van der Waals surface area contributed by atoms with Crippen LogP contribution in [0.25, 0.3) is 0 Å². The lowest BCUT2D eigenvalue weighted by atomic mass is 10.2. The smallest absolute Gasteiger partial charge is 0.285 e. The Morgan fingerprint density at radius 3 is 3.00 bits per heavy atom. The Balaban J connectivity index is 2.00. The van der Waals surface area contributed by atoms with Gasteiger partial charge in [0.15, 0.2) is 12.4 Å². The van der Waals surface area contributed by atoms with Gasteiger partial charge in [0.1, 0.15) is 5.75 Å². The maximum absolute atomic E-state index is 11.2. The van der Waals surface area contributed by atoms with Gasteiger partial charge in [-0.3, -0.25) is 10.2 Å². The molecule has 7 heteroatoms. The Morgan fingerprint density at radius 1 is 1.53 bits per heavy atom. The van der Waals surface area contributed by atoms with E-state index in [9.17, 15) is 4.79 Å². The van der Waals surface area contributed by atoms with Crippen molar-refractivity contribution >= 4 is 17.5 Å². The van der Waals surface area contributed by atoms with Crippen LogP contribution in [0.1, 0.15) is 16.1 Å². The molecule has 2 aromatic rings. The minimum Gasteiger partial charge on any atom is -0.471 e. The number of rotatable bonds is 4. The van der Waals surface area contributed by atoms with Gasteiger partial charge in [0, 0.05) is 11.2 Å². The van der Waals surface area contributed by atoms with Crippen LogP contribution in [-0.2, 0) is 6.73 Å². The number of hydrazine groups is 1. The lowest BCUT2D eigenvalue weighted by Crippen LogP contribution is -2.30. The second kappa shape index (κ2) is 5.73. The van der Waals surface area contributed by atoms with Crippen molar-refractivity contribution in [1.82, 2.24) is 15.2 Å². The fourth-order valence-electron chi connectivity index (χ4n) is 1.48. The third-order valence-corrected chi connectivity index (χ3v) is 2.92. The first-order valence-corrected chi connectivity index (χ1v) is 5.91. The van der Waals surface area contributed by atoms with Crippen molar-refractivity contribution in [3.8, 4) is 5.75 Å². The fraction of sp³-hybridized carbons (Fsp3) is 0.167. The van der Waals surface area contributed by atoms with Crippen molar-refractivity contribution in [3.05, 3.63) is 46.7 Å².